The van der Waals surface area contributed by atoms with E-state index in [-0.39, 0.29) is 6.09 Å². The first-order valence-electron chi connectivity index (χ1n) is 7.99. The van der Waals surface area contributed by atoms with Crippen molar-refractivity contribution in [3.63, 3.8) is 0 Å². The van der Waals surface area contributed by atoms with Gasteiger partial charge in [0.2, 0.25) is 0 Å². The summed E-state index contributed by atoms with van der Waals surface area (Å²) in [5.41, 5.74) is -0.427. The van der Waals surface area contributed by atoms with Gasteiger partial charge in [-0.3, -0.25) is 0 Å². The third-order valence-corrected chi connectivity index (χ3v) is 3.49. The number of amides is 1. The highest BCUT2D eigenvalue weighted by molar-refractivity contribution is 5.68. The highest BCUT2D eigenvalue weighted by Gasteiger charge is 2.26. The molecule has 0 spiro atoms. The molecule has 0 aromatic rings. The summed E-state index contributed by atoms with van der Waals surface area (Å²) in [7, 11) is 0. The number of piperidine rings is 1. The van der Waals surface area contributed by atoms with Gasteiger partial charge < -0.3 is 19.1 Å². The molecule has 0 radical (unpaired) electrons. The normalized spacial score (nSPS) is 16.4. The van der Waals surface area contributed by atoms with Crippen LogP contribution in [0.2, 0.25) is 0 Å². The minimum Gasteiger partial charge on any atom is -0.444 e. The number of terminal acetylenes is 1. The molecular weight excluding hydrogens is 282 g/mol. The van der Waals surface area contributed by atoms with Crippen molar-refractivity contribution in [1.29, 1.82) is 0 Å². The van der Waals surface area contributed by atoms with Crippen LogP contribution >= 0.6 is 0 Å². The lowest BCUT2D eigenvalue weighted by molar-refractivity contribution is 0.0154. The van der Waals surface area contributed by atoms with Crippen LogP contribution < -0.4 is 0 Å². The summed E-state index contributed by atoms with van der Waals surface area (Å²) >= 11 is 0. The number of hydrogen-bond acceptors (Lipinski definition) is 4. The topological polar surface area (TPSA) is 48.0 Å². The van der Waals surface area contributed by atoms with Crippen LogP contribution in [0.5, 0.6) is 0 Å². The Kier molecular flexibility index (Phi) is 8.29. The minimum absolute atomic E-state index is 0.201. The van der Waals surface area contributed by atoms with Crippen molar-refractivity contribution >= 4 is 6.09 Å². The Morgan fingerprint density at radius 3 is 2.41 bits per heavy atom. The van der Waals surface area contributed by atoms with Crippen molar-refractivity contribution in [2.24, 2.45) is 5.92 Å². The molecule has 0 atom stereocenters. The first kappa shape index (κ1) is 18.8. The molecule has 0 aromatic carbocycles. The van der Waals surface area contributed by atoms with E-state index in [1.54, 1.807) is 4.90 Å². The Morgan fingerprint density at radius 2 is 1.82 bits per heavy atom. The van der Waals surface area contributed by atoms with Crippen molar-refractivity contribution < 1.29 is 19.0 Å². The second-order valence-corrected chi connectivity index (χ2v) is 6.57. The third-order valence-electron chi connectivity index (χ3n) is 3.49. The highest BCUT2D eigenvalue weighted by atomic mass is 16.6. The fraction of sp³-hybridized carbons (Fsp3) is 0.824. The quantitative estimate of drug-likeness (QED) is 0.536. The number of ether oxygens (including phenoxy) is 3. The van der Waals surface area contributed by atoms with Gasteiger partial charge in [-0.2, -0.15) is 0 Å². The molecule has 1 amide bonds. The maximum absolute atomic E-state index is 12.0. The predicted octanol–water partition coefficient (Wildman–Crippen LogP) is 2.69. The summed E-state index contributed by atoms with van der Waals surface area (Å²) in [4.78, 5) is 13.8. The van der Waals surface area contributed by atoms with E-state index in [2.05, 4.69) is 5.92 Å². The van der Waals surface area contributed by atoms with E-state index in [1.165, 1.54) is 0 Å². The molecule has 0 N–H and O–H groups in total. The lowest BCUT2D eigenvalue weighted by Gasteiger charge is -2.33. The number of nitrogens with zero attached hydrogens (tertiary/aromatic N) is 1. The van der Waals surface area contributed by atoms with E-state index in [0.29, 0.717) is 25.7 Å². The number of rotatable bonds is 7. The Morgan fingerprint density at radius 1 is 1.18 bits per heavy atom. The van der Waals surface area contributed by atoms with Crippen LogP contribution in [0.3, 0.4) is 0 Å². The first-order valence-corrected chi connectivity index (χ1v) is 7.99. The molecule has 5 heteroatoms. The molecule has 5 nitrogen and oxygen atoms in total. The molecule has 1 heterocycles. The van der Waals surface area contributed by atoms with Gasteiger partial charge in [0, 0.05) is 19.7 Å². The molecule has 1 rings (SSSR count). The molecule has 1 saturated heterocycles. The van der Waals surface area contributed by atoms with Gasteiger partial charge >= 0.3 is 6.09 Å². The summed E-state index contributed by atoms with van der Waals surface area (Å²) in [5, 5.41) is 0. The molecule has 0 bridgehead atoms. The van der Waals surface area contributed by atoms with Crippen molar-refractivity contribution in [2.75, 3.05) is 39.5 Å². The van der Waals surface area contributed by atoms with E-state index in [1.807, 2.05) is 20.8 Å². The molecule has 0 aromatic heterocycles. The van der Waals surface area contributed by atoms with Gasteiger partial charge in [-0.1, -0.05) is 5.92 Å². The Balaban J connectivity index is 2.08. The largest absolute Gasteiger partial charge is 0.444 e. The third kappa shape index (κ3) is 8.26. The van der Waals surface area contributed by atoms with E-state index < -0.39 is 5.60 Å². The number of carbonyl (C=O) groups is 1. The number of hydrogen-bond donors (Lipinski definition) is 0. The summed E-state index contributed by atoms with van der Waals surface area (Å²) in [6.07, 6.45) is 7.92. The Hall–Kier alpha value is -1.25. The lowest BCUT2D eigenvalue weighted by Crippen LogP contribution is -2.41. The van der Waals surface area contributed by atoms with Crippen molar-refractivity contribution in [3.05, 3.63) is 0 Å². The maximum Gasteiger partial charge on any atom is 0.410 e. The summed E-state index contributed by atoms with van der Waals surface area (Å²) in [6.45, 7) is 9.41. The summed E-state index contributed by atoms with van der Waals surface area (Å²) in [5.74, 6) is 3.03. The molecule has 0 unspecified atom stereocenters. The van der Waals surface area contributed by atoms with Gasteiger partial charge in [0.05, 0.1) is 13.2 Å². The molecule has 126 valence electrons. The molecular formula is C17H29NO4. The monoisotopic (exact) mass is 311 g/mol. The molecule has 0 saturated carbocycles. The zero-order valence-corrected chi connectivity index (χ0v) is 14.1. The van der Waals surface area contributed by atoms with Crippen LogP contribution in [-0.4, -0.2) is 56.1 Å². The summed E-state index contributed by atoms with van der Waals surface area (Å²) in [6, 6.07) is 0. The molecule has 1 aliphatic heterocycles. The fourth-order valence-corrected chi connectivity index (χ4v) is 2.33. The van der Waals surface area contributed by atoms with E-state index in [9.17, 15) is 4.79 Å². The molecule has 0 aliphatic carbocycles. The van der Waals surface area contributed by atoms with E-state index in [4.69, 9.17) is 20.6 Å². The van der Waals surface area contributed by atoms with Crippen LogP contribution in [0.15, 0.2) is 0 Å². The van der Waals surface area contributed by atoms with Crippen LogP contribution in [-0.2, 0) is 14.2 Å². The molecule has 22 heavy (non-hydrogen) atoms. The van der Waals surface area contributed by atoms with Crippen molar-refractivity contribution in [3.8, 4) is 12.3 Å². The van der Waals surface area contributed by atoms with Gasteiger partial charge in [-0.25, -0.2) is 4.79 Å². The number of carbonyl (C=O) groups excluding carboxylic acids is 1. The molecule has 1 fully saturated rings. The number of likely N-dealkylation sites (tertiary alicyclic amines) is 1. The van der Waals surface area contributed by atoms with Crippen LogP contribution in [0.1, 0.15) is 40.0 Å². The average Bonchev–Trinajstić information content (AvgIpc) is 2.45. The van der Waals surface area contributed by atoms with Crippen molar-refractivity contribution in [2.45, 2.75) is 45.6 Å². The molecule has 1 aliphatic rings. The highest BCUT2D eigenvalue weighted by Crippen LogP contribution is 2.22. The van der Waals surface area contributed by atoms with Gasteiger partial charge in [0.15, 0.2) is 0 Å². The smallest absolute Gasteiger partial charge is 0.410 e. The average molecular weight is 311 g/mol. The van der Waals surface area contributed by atoms with E-state index >= 15 is 0 Å². The SMILES string of the molecule is C#CCOCCOCCC1CCN(C(=O)OC(C)(C)C)CC1. The first-order chi connectivity index (χ1) is 10.4. The maximum atomic E-state index is 12.0. The zero-order chi connectivity index (χ0) is 16.4. The lowest BCUT2D eigenvalue weighted by atomic mass is 9.94. The van der Waals surface area contributed by atoms with Crippen LogP contribution in [0.4, 0.5) is 4.79 Å². The Bertz CT molecular complexity index is 362. The van der Waals surface area contributed by atoms with E-state index in [0.717, 1.165) is 39.0 Å². The van der Waals surface area contributed by atoms with Crippen LogP contribution in [0.25, 0.3) is 0 Å². The van der Waals surface area contributed by atoms with Crippen molar-refractivity contribution in [1.82, 2.24) is 4.90 Å². The predicted molar refractivity (Wildman–Crippen MR) is 85.6 cm³/mol. The minimum atomic E-state index is -0.427. The zero-order valence-electron chi connectivity index (χ0n) is 14.1. The Labute approximate surface area is 134 Å². The van der Waals surface area contributed by atoms with Gasteiger partial charge in [0.25, 0.3) is 0 Å². The van der Waals surface area contributed by atoms with Crippen LogP contribution in [0, 0.1) is 18.3 Å². The second kappa shape index (κ2) is 9.70. The summed E-state index contributed by atoms with van der Waals surface area (Å²) < 4.78 is 16.1. The standard InChI is InChI=1S/C17H29NO4/c1-5-11-20-13-14-21-12-8-15-6-9-18(10-7-15)16(19)22-17(2,3)4/h1,15H,6-14H2,2-4H3. The van der Waals surface area contributed by atoms with Gasteiger partial charge in [0.1, 0.15) is 12.2 Å². The second-order valence-electron chi connectivity index (χ2n) is 6.57. The van der Waals surface area contributed by atoms with Gasteiger partial charge in [-0.15, -0.1) is 6.42 Å². The fourth-order valence-electron chi connectivity index (χ4n) is 2.33. The van der Waals surface area contributed by atoms with Gasteiger partial charge in [-0.05, 0) is 46.0 Å².